The highest BCUT2D eigenvalue weighted by molar-refractivity contribution is 7.92. The van der Waals surface area contributed by atoms with Crippen LogP contribution in [0.3, 0.4) is 0 Å². The minimum absolute atomic E-state index is 0.00869. The minimum atomic E-state index is -3.88. The first kappa shape index (κ1) is 21.3. The Morgan fingerprint density at radius 1 is 1.03 bits per heavy atom. The first-order valence-electron chi connectivity index (χ1n) is 10.3. The number of fused-ring (bicyclic) bond motifs is 2. The van der Waals surface area contributed by atoms with Crippen LogP contribution in [-0.4, -0.2) is 35.7 Å². The van der Waals surface area contributed by atoms with E-state index in [1.54, 1.807) is 28.8 Å². The molecular formula is C23H26N4O3S. The number of rotatable bonds is 7. The average Bonchev–Trinajstić information content (AvgIpc) is 3.00. The van der Waals surface area contributed by atoms with Crippen molar-refractivity contribution in [2.75, 3.05) is 12.3 Å². The van der Waals surface area contributed by atoms with E-state index in [1.165, 1.54) is 0 Å². The molecule has 0 radical (unpaired) electrons. The number of para-hydroxylation sites is 2. The molecule has 2 N–H and O–H groups in total. The van der Waals surface area contributed by atoms with Crippen molar-refractivity contribution in [1.82, 2.24) is 14.5 Å². The van der Waals surface area contributed by atoms with E-state index < -0.39 is 9.84 Å². The van der Waals surface area contributed by atoms with Gasteiger partial charge in [-0.05, 0) is 51.5 Å². The molecule has 2 aromatic carbocycles. The lowest BCUT2D eigenvalue weighted by molar-refractivity contribution is 0.0751. The molecule has 2 heterocycles. The molecule has 0 aliphatic rings. The van der Waals surface area contributed by atoms with Crippen LogP contribution in [0, 0.1) is 6.92 Å². The third-order valence-corrected chi connectivity index (χ3v) is 6.96. The van der Waals surface area contributed by atoms with Crippen LogP contribution in [0.15, 0.2) is 58.3 Å². The van der Waals surface area contributed by atoms with E-state index in [0.717, 1.165) is 5.56 Å². The maximum absolute atomic E-state index is 13.6. The SMILES string of the molecule is Cc1ccc(S(=O)(=O)c2c(N)n(CCCOC(C)C)c3nc4ccccc4nc23)cc1. The van der Waals surface area contributed by atoms with E-state index in [4.69, 9.17) is 15.5 Å². The van der Waals surface area contributed by atoms with Gasteiger partial charge in [0.1, 0.15) is 16.2 Å². The number of hydrogen-bond acceptors (Lipinski definition) is 6. The molecule has 0 unspecified atom stereocenters. The van der Waals surface area contributed by atoms with Crippen LogP contribution >= 0.6 is 0 Å². The van der Waals surface area contributed by atoms with Crippen molar-refractivity contribution in [3.8, 4) is 0 Å². The Hall–Kier alpha value is -2.97. The molecule has 4 rings (SSSR count). The number of anilines is 1. The predicted octanol–water partition coefficient (Wildman–Crippen LogP) is 4.12. The minimum Gasteiger partial charge on any atom is -0.384 e. The molecule has 31 heavy (non-hydrogen) atoms. The zero-order valence-corrected chi connectivity index (χ0v) is 18.7. The number of nitrogens with two attached hydrogens (primary N) is 1. The first-order valence-corrected chi connectivity index (χ1v) is 11.7. The normalized spacial score (nSPS) is 12.3. The van der Waals surface area contributed by atoms with Crippen LogP contribution in [0.25, 0.3) is 22.2 Å². The zero-order chi connectivity index (χ0) is 22.2. The summed E-state index contributed by atoms with van der Waals surface area (Å²) in [7, 11) is -3.88. The molecule has 0 aliphatic carbocycles. The van der Waals surface area contributed by atoms with E-state index in [0.29, 0.717) is 41.8 Å². The molecule has 0 saturated carbocycles. The van der Waals surface area contributed by atoms with Gasteiger partial charge in [0, 0.05) is 13.2 Å². The lowest BCUT2D eigenvalue weighted by atomic mass is 10.2. The van der Waals surface area contributed by atoms with Crippen molar-refractivity contribution in [2.24, 2.45) is 0 Å². The number of aromatic nitrogens is 3. The average molecular weight is 439 g/mol. The largest absolute Gasteiger partial charge is 0.384 e. The predicted molar refractivity (Wildman–Crippen MR) is 122 cm³/mol. The van der Waals surface area contributed by atoms with Crippen LogP contribution in [0.5, 0.6) is 0 Å². The van der Waals surface area contributed by atoms with Crippen molar-refractivity contribution in [1.29, 1.82) is 0 Å². The maximum atomic E-state index is 13.6. The summed E-state index contributed by atoms with van der Waals surface area (Å²) in [4.78, 5) is 9.55. The molecule has 0 fully saturated rings. The lowest BCUT2D eigenvalue weighted by Crippen LogP contribution is -2.11. The number of nitrogens with zero attached hydrogens (tertiary/aromatic N) is 3. The van der Waals surface area contributed by atoms with E-state index in [1.807, 2.05) is 45.0 Å². The topological polar surface area (TPSA) is 100 Å². The monoisotopic (exact) mass is 438 g/mol. The van der Waals surface area contributed by atoms with E-state index in [-0.39, 0.29) is 21.7 Å². The maximum Gasteiger partial charge on any atom is 0.212 e. The molecule has 0 spiro atoms. The Morgan fingerprint density at radius 2 is 1.68 bits per heavy atom. The van der Waals surface area contributed by atoms with E-state index >= 15 is 0 Å². The van der Waals surface area contributed by atoms with Gasteiger partial charge >= 0.3 is 0 Å². The molecule has 0 atom stereocenters. The lowest BCUT2D eigenvalue weighted by Gasteiger charge is -2.10. The first-order chi connectivity index (χ1) is 14.8. The van der Waals surface area contributed by atoms with Gasteiger partial charge in [-0.3, -0.25) is 0 Å². The van der Waals surface area contributed by atoms with Crippen molar-refractivity contribution >= 4 is 37.9 Å². The fraction of sp³-hybridized carbons (Fsp3) is 0.304. The number of sulfone groups is 1. The molecule has 0 aliphatic heterocycles. The number of nitrogen functional groups attached to an aromatic ring is 1. The van der Waals surface area contributed by atoms with Gasteiger partial charge in [0.25, 0.3) is 0 Å². The Balaban J connectivity index is 1.90. The fourth-order valence-corrected chi connectivity index (χ4v) is 5.06. The van der Waals surface area contributed by atoms with Gasteiger partial charge in [-0.2, -0.15) is 0 Å². The third-order valence-electron chi connectivity index (χ3n) is 5.12. The number of ether oxygens (including phenoxy) is 1. The Kier molecular flexibility index (Phi) is 5.68. The summed E-state index contributed by atoms with van der Waals surface area (Å²) >= 11 is 0. The summed E-state index contributed by atoms with van der Waals surface area (Å²) in [6.45, 7) is 6.88. The van der Waals surface area contributed by atoms with Gasteiger partial charge < -0.3 is 15.0 Å². The molecule has 2 aromatic heterocycles. The smallest absolute Gasteiger partial charge is 0.212 e. The number of benzene rings is 2. The van der Waals surface area contributed by atoms with Gasteiger partial charge in [0.2, 0.25) is 9.84 Å². The van der Waals surface area contributed by atoms with E-state index in [9.17, 15) is 8.42 Å². The molecule has 4 aromatic rings. The van der Waals surface area contributed by atoms with Gasteiger partial charge in [0.15, 0.2) is 5.65 Å². The second kappa shape index (κ2) is 8.28. The number of hydrogen-bond donors (Lipinski definition) is 1. The van der Waals surface area contributed by atoms with Crippen LogP contribution < -0.4 is 5.73 Å². The van der Waals surface area contributed by atoms with Crippen LogP contribution in [0.4, 0.5) is 5.82 Å². The molecule has 0 bridgehead atoms. The molecule has 0 saturated heterocycles. The van der Waals surface area contributed by atoms with Crippen molar-refractivity contribution in [2.45, 2.75) is 49.6 Å². The molecule has 0 amide bonds. The Bertz CT molecular complexity index is 1340. The molecular weight excluding hydrogens is 412 g/mol. The Labute approximate surface area is 181 Å². The highest BCUT2D eigenvalue weighted by Crippen LogP contribution is 2.35. The summed E-state index contributed by atoms with van der Waals surface area (Å²) in [6, 6.07) is 14.1. The standard InChI is InChI=1S/C23H26N4O3S/c1-15(2)30-14-6-13-27-22(24)21(31(28,29)17-11-9-16(3)10-12-17)20-23(27)26-19-8-5-4-7-18(19)25-20/h4-5,7-12,15H,6,13-14,24H2,1-3H3. The molecule has 7 nitrogen and oxygen atoms in total. The van der Waals surface area contributed by atoms with Crippen molar-refractivity contribution < 1.29 is 13.2 Å². The quantitative estimate of drug-likeness (QED) is 0.436. The van der Waals surface area contributed by atoms with Crippen LogP contribution in [0.2, 0.25) is 0 Å². The Morgan fingerprint density at radius 3 is 2.32 bits per heavy atom. The highest BCUT2D eigenvalue weighted by Gasteiger charge is 2.30. The molecule has 162 valence electrons. The molecule has 8 heteroatoms. The summed E-state index contributed by atoms with van der Waals surface area (Å²) in [5, 5.41) is 0. The fourth-order valence-electron chi connectivity index (χ4n) is 3.56. The van der Waals surface area contributed by atoms with Gasteiger partial charge in [-0.25, -0.2) is 18.4 Å². The van der Waals surface area contributed by atoms with E-state index in [2.05, 4.69) is 4.98 Å². The zero-order valence-electron chi connectivity index (χ0n) is 17.9. The van der Waals surface area contributed by atoms with Gasteiger partial charge in [0.05, 0.1) is 22.0 Å². The van der Waals surface area contributed by atoms with Gasteiger partial charge in [-0.1, -0.05) is 29.8 Å². The van der Waals surface area contributed by atoms with Crippen molar-refractivity contribution in [3.05, 3.63) is 54.1 Å². The second-order valence-electron chi connectivity index (χ2n) is 7.84. The highest BCUT2D eigenvalue weighted by atomic mass is 32.2. The number of aryl methyl sites for hydroxylation is 2. The van der Waals surface area contributed by atoms with Gasteiger partial charge in [-0.15, -0.1) is 0 Å². The summed E-state index contributed by atoms with van der Waals surface area (Å²) in [6.07, 6.45) is 0.796. The van der Waals surface area contributed by atoms with Crippen LogP contribution in [-0.2, 0) is 21.1 Å². The summed E-state index contributed by atoms with van der Waals surface area (Å²) in [5.74, 6) is 0.149. The van der Waals surface area contributed by atoms with Crippen LogP contribution in [0.1, 0.15) is 25.8 Å². The second-order valence-corrected chi connectivity index (χ2v) is 9.73. The summed E-state index contributed by atoms with van der Waals surface area (Å²) < 4.78 is 34.5. The van der Waals surface area contributed by atoms with Crippen molar-refractivity contribution in [3.63, 3.8) is 0 Å². The summed E-state index contributed by atoms with van der Waals surface area (Å²) in [5.41, 5.74) is 9.48. The third kappa shape index (κ3) is 4.00.